The third-order valence-corrected chi connectivity index (χ3v) is 3.36. The van der Waals surface area contributed by atoms with E-state index in [0.29, 0.717) is 12.6 Å². The lowest BCUT2D eigenvalue weighted by Crippen LogP contribution is -2.27. The summed E-state index contributed by atoms with van der Waals surface area (Å²) < 4.78 is 5.21. The van der Waals surface area contributed by atoms with Crippen molar-refractivity contribution in [2.24, 2.45) is 5.92 Å². The van der Waals surface area contributed by atoms with Gasteiger partial charge < -0.3 is 10.1 Å². The summed E-state index contributed by atoms with van der Waals surface area (Å²) in [5, 5.41) is 3.60. The lowest BCUT2D eigenvalue weighted by Gasteiger charge is -2.14. The summed E-state index contributed by atoms with van der Waals surface area (Å²) in [5.74, 6) is 0.912. The van der Waals surface area contributed by atoms with Crippen LogP contribution in [-0.4, -0.2) is 13.2 Å². The molecule has 0 heterocycles. The van der Waals surface area contributed by atoms with Crippen LogP contribution >= 0.6 is 0 Å². The number of hydrogen-bond donors (Lipinski definition) is 1. The monoisotopic (exact) mass is 219 g/mol. The Morgan fingerprint density at radius 1 is 1.31 bits per heavy atom. The molecule has 1 saturated carbocycles. The van der Waals surface area contributed by atoms with Gasteiger partial charge in [-0.25, -0.2) is 0 Å². The zero-order valence-electron chi connectivity index (χ0n) is 10.2. The van der Waals surface area contributed by atoms with Crippen molar-refractivity contribution >= 4 is 0 Å². The molecule has 0 aromatic heterocycles. The summed E-state index contributed by atoms with van der Waals surface area (Å²) in [6.45, 7) is 3.95. The molecule has 1 atom stereocenters. The van der Waals surface area contributed by atoms with Crippen molar-refractivity contribution in [2.45, 2.75) is 39.0 Å². The van der Waals surface area contributed by atoms with Gasteiger partial charge in [-0.2, -0.15) is 0 Å². The normalized spacial score (nSPS) is 17.4. The molecule has 0 spiro atoms. The van der Waals surface area contributed by atoms with Crippen molar-refractivity contribution in [3.05, 3.63) is 35.4 Å². The Bertz CT molecular complexity index is 333. The fraction of sp³-hybridized carbons (Fsp3) is 0.571. The Morgan fingerprint density at radius 2 is 2.00 bits per heavy atom. The van der Waals surface area contributed by atoms with E-state index in [0.717, 1.165) is 12.5 Å². The van der Waals surface area contributed by atoms with Crippen molar-refractivity contribution in [1.29, 1.82) is 0 Å². The molecule has 16 heavy (non-hydrogen) atoms. The minimum atomic E-state index is 0.649. The molecule has 1 aliphatic rings. The second-order valence-electron chi connectivity index (χ2n) is 4.71. The van der Waals surface area contributed by atoms with Gasteiger partial charge in [-0.3, -0.25) is 0 Å². The highest BCUT2D eigenvalue weighted by Crippen LogP contribution is 2.32. The van der Waals surface area contributed by atoms with Crippen LogP contribution in [0.25, 0.3) is 0 Å². The van der Waals surface area contributed by atoms with E-state index in [2.05, 4.69) is 36.5 Å². The van der Waals surface area contributed by atoms with Crippen LogP contribution in [0.2, 0.25) is 0 Å². The number of hydrogen-bond acceptors (Lipinski definition) is 2. The lowest BCUT2D eigenvalue weighted by molar-refractivity contribution is 0.184. The molecule has 1 unspecified atom stereocenters. The summed E-state index contributed by atoms with van der Waals surface area (Å²) in [6, 6.07) is 9.14. The second kappa shape index (κ2) is 5.46. The maximum Gasteiger partial charge on any atom is 0.0716 e. The molecule has 1 aliphatic carbocycles. The van der Waals surface area contributed by atoms with Crippen molar-refractivity contribution in [3.8, 4) is 0 Å². The van der Waals surface area contributed by atoms with Gasteiger partial charge in [0.25, 0.3) is 0 Å². The topological polar surface area (TPSA) is 21.3 Å². The number of methoxy groups -OCH3 is 1. The standard InChI is InChI=1S/C14H21NO/c1-11(12-7-8-12)15-9-13-5-3-4-6-14(13)10-16-2/h3-6,11-12,15H,7-10H2,1-2H3. The second-order valence-corrected chi connectivity index (χ2v) is 4.71. The maximum atomic E-state index is 5.21. The zero-order valence-corrected chi connectivity index (χ0v) is 10.2. The lowest BCUT2D eigenvalue weighted by atomic mass is 10.1. The predicted octanol–water partition coefficient (Wildman–Crippen LogP) is 2.72. The van der Waals surface area contributed by atoms with Crippen molar-refractivity contribution in [2.75, 3.05) is 7.11 Å². The summed E-state index contributed by atoms with van der Waals surface area (Å²) >= 11 is 0. The first-order chi connectivity index (χ1) is 7.81. The molecule has 2 nitrogen and oxygen atoms in total. The minimum Gasteiger partial charge on any atom is -0.380 e. The van der Waals surface area contributed by atoms with Gasteiger partial charge in [-0.15, -0.1) is 0 Å². The predicted molar refractivity (Wildman–Crippen MR) is 66.2 cm³/mol. The molecule has 2 heteroatoms. The first kappa shape index (κ1) is 11.6. The molecule has 0 saturated heterocycles. The Morgan fingerprint density at radius 3 is 2.62 bits per heavy atom. The Hall–Kier alpha value is -0.860. The van der Waals surface area contributed by atoms with E-state index >= 15 is 0 Å². The quantitative estimate of drug-likeness (QED) is 0.794. The van der Waals surface area contributed by atoms with Crippen LogP contribution in [0.4, 0.5) is 0 Å². The number of nitrogens with one attached hydrogen (secondary N) is 1. The van der Waals surface area contributed by atoms with Crippen LogP contribution in [0.15, 0.2) is 24.3 Å². The van der Waals surface area contributed by atoms with Crippen molar-refractivity contribution < 1.29 is 4.74 Å². The molecule has 0 bridgehead atoms. The highest BCUT2D eigenvalue weighted by molar-refractivity contribution is 5.26. The van der Waals surface area contributed by atoms with E-state index in [9.17, 15) is 0 Å². The van der Waals surface area contributed by atoms with Crippen LogP contribution in [0.1, 0.15) is 30.9 Å². The van der Waals surface area contributed by atoms with Crippen molar-refractivity contribution in [3.63, 3.8) is 0 Å². The van der Waals surface area contributed by atoms with Crippen LogP contribution in [0.3, 0.4) is 0 Å². The van der Waals surface area contributed by atoms with Crippen LogP contribution < -0.4 is 5.32 Å². The van der Waals surface area contributed by atoms with Crippen molar-refractivity contribution in [1.82, 2.24) is 5.32 Å². The minimum absolute atomic E-state index is 0.649. The summed E-state index contributed by atoms with van der Waals surface area (Å²) in [4.78, 5) is 0. The van der Waals surface area contributed by atoms with E-state index in [-0.39, 0.29) is 0 Å². The molecule has 0 radical (unpaired) electrons. The van der Waals surface area contributed by atoms with Gasteiger partial charge in [0.15, 0.2) is 0 Å². The summed E-state index contributed by atoms with van der Waals surface area (Å²) in [6.07, 6.45) is 2.79. The first-order valence-corrected chi connectivity index (χ1v) is 6.10. The number of benzene rings is 1. The molecule has 88 valence electrons. The molecule has 2 rings (SSSR count). The Kier molecular flexibility index (Phi) is 3.97. The van der Waals surface area contributed by atoms with Gasteiger partial charge in [0.05, 0.1) is 6.61 Å². The fourth-order valence-corrected chi connectivity index (χ4v) is 2.06. The molecule has 0 amide bonds. The van der Waals surface area contributed by atoms with Gasteiger partial charge in [-0.05, 0) is 36.8 Å². The fourth-order valence-electron chi connectivity index (χ4n) is 2.06. The van der Waals surface area contributed by atoms with Crippen LogP contribution in [0, 0.1) is 5.92 Å². The van der Waals surface area contributed by atoms with E-state index in [1.54, 1.807) is 7.11 Å². The average Bonchev–Trinajstić information content (AvgIpc) is 3.12. The van der Waals surface area contributed by atoms with E-state index in [1.165, 1.54) is 24.0 Å². The van der Waals surface area contributed by atoms with E-state index in [1.807, 2.05) is 0 Å². The molecule has 1 N–H and O–H groups in total. The highest BCUT2D eigenvalue weighted by atomic mass is 16.5. The highest BCUT2D eigenvalue weighted by Gasteiger charge is 2.27. The van der Waals surface area contributed by atoms with Gasteiger partial charge >= 0.3 is 0 Å². The smallest absolute Gasteiger partial charge is 0.0716 e. The molecular weight excluding hydrogens is 198 g/mol. The summed E-state index contributed by atoms with van der Waals surface area (Å²) in [7, 11) is 1.75. The van der Waals surface area contributed by atoms with Gasteiger partial charge in [0, 0.05) is 19.7 Å². The number of ether oxygens (including phenoxy) is 1. The summed E-state index contributed by atoms with van der Waals surface area (Å²) in [5.41, 5.74) is 2.65. The van der Waals surface area contributed by atoms with Gasteiger partial charge in [0.1, 0.15) is 0 Å². The third kappa shape index (κ3) is 3.06. The van der Waals surface area contributed by atoms with E-state index in [4.69, 9.17) is 4.74 Å². The average molecular weight is 219 g/mol. The molecular formula is C14H21NO. The van der Waals surface area contributed by atoms with E-state index < -0.39 is 0 Å². The largest absolute Gasteiger partial charge is 0.380 e. The van der Waals surface area contributed by atoms with Gasteiger partial charge in [-0.1, -0.05) is 24.3 Å². The Labute approximate surface area is 98.0 Å². The molecule has 0 aliphatic heterocycles. The maximum absolute atomic E-state index is 5.21. The molecule has 1 aromatic carbocycles. The van der Waals surface area contributed by atoms with Gasteiger partial charge in [0.2, 0.25) is 0 Å². The Balaban J connectivity index is 1.91. The van der Waals surface area contributed by atoms with Crippen LogP contribution in [0.5, 0.6) is 0 Å². The van der Waals surface area contributed by atoms with Crippen LogP contribution in [-0.2, 0) is 17.9 Å². The molecule has 1 fully saturated rings. The SMILES string of the molecule is COCc1ccccc1CNC(C)C1CC1. The third-order valence-electron chi connectivity index (χ3n) is 3.36. The number of rotatable bonds is 6. The first-order valence-electron chi connectivity index (χ1n) is 6.10. The zero-order chi connectivity index (χ0) is 11.4. The molecule has 1 aromatic rings.